The molecule has 1 aromatic carbocycles. The molecule has 1 N–H and O–H groups in total. The molecule has 4 nitrogen and oxygen atoms in total. The summed E-state index contributed by atoms with van der Waals surface area (Å²) in [5.41, 5.74) is 0.954. The lowest BCUT2D eigenvalue weighted by atomic mass is 9.79. The summed E-state index contributed by atoms with van der Waals surface area (Å²) >= 11 is 6.28. The van der Waals surface area contributed by atoms with Crippen molar-refractivity contribution in [1.82, 2.24) is 9.55 Å². The van der Waals surface area contributed by atoms with Crippen LogP contribution >= 0.6 is 11.6 Å². The van der Waals surface area contributed by atoms with Crippen molar-refractivity contribution in [2.75, 3.05) is 0 Å². The number of carboxylic acid groups (broad SMARTS) is 1. The molecule has 5 heteroatoms. The molecule has 0 amide bonds. The number of aryl methyl sites for hydroxylation is 1. The van der Waals surface area contributed by atoms with Crippen LogP contribution in [0.15, 0.2) is 18.2 Å². The first-order valence-corrected chi connectivity index (χ1v) is 7.73. The number of fused-ring (bicyclic) bond motifs is 1. The summed E-state index contributed by atoms with van der Waals surface area (Å²) in [7, 11) is 0. The van der Waals surface area contributed by atoms with Crippen LogP contribution in [0.3, 0.4) is 0 Å². The summed E-state index contributed by atoms with van der Waals surface area (Å²) in [6.45, 7) is 6.58. The lowest BCUT2D eigenvalue weighted by molar-refractivity contribution is -0.149. The molecule has 0 spiro atoms. The van der Waals surface area contributed by atoms with Crippen LogP contribution in [0.1, 0.15) is 39.4 Å². The molecule has 0 fully saturated rings. The van der Waals surface area contributed by atoms with Crippen molar-refractivity contribution in [1.29, 1.82) is 0 Å². The van der Waals surface area contributed by atoms with E-state index in [9.17, 15) is 9.90 Å². The third-order valence-electron chi connectivity index (χ3n) is 4.42. The predicted molar refractivity (Wildman–Crippen MR) is 84.8 cm³/mol. The highest BCUT2D eigenvalue weighted by Gasteiger charge is 2.36. The molecule has 0 bridgehead atoms. The highest BCUT2D eigenvalue weighted by Crippen LogP contribution is 2.33. The lowest BCUT2D eigenvalue weighted by Gasteiger charge is -2.26. The quantitative estimate of drug-likeness (QED) is 0.872. The van der Waals surface area contributed by atoms with Gasteiger partial charge in [-0.05, 0) is 31.9 Å². The van der Waals surface area contributed by atoms with Crippen LogP contribution in [0.2, 0.25) is 5.02 Å². The van der Waals surface area contributed by atoms with Crippen molar-refractivity contribution >= 4 is 28.6 Å². The van der Waals surface area contributed by atoms with Crippen LogP contribution in [-0.4, -0.2) is 20.6 Å². The normalized spacial score (nSPS) is 12.0. The highest BCUT2D eigenvalue weighted by atomic mass is 35.5. The SMILES string of the molecule is CCn1c(CC(CC)(CC)C(=O)O)nc2cccc(Cl)c21. The summed E-state index contributed by atoms with van der Waals surface area (Å²) in [6, 6.07) is 5.62. The number of rotatable bonds is 6. The molecule has 0 unspecified atom stereocenters. The third kappa shape index (κ3) is 2.64. The zero-order chi connectivity index (χ0) is 15.6. The molecule has 1 aromatic heterocycles. The fourth-order valence-electron chi connectivity index (χ4n) is 2.85. The molecule has 0 radical (unpaired) electrons. The van der Waals surface area contributed by atoms with Gasteiger partial charge in [-0.25, -0.2) is 4.98 Å². The molecular formula is C16H21ClN2O2. The Hall–Kier alpha value is -1.55. The lowest BCUT2D eigenvalue weighted by Crippen LogP contribution is -2.33. The second-order valence-electron chi connectivity index (χ2n) is 5.35. The number of carboxylic acids is 1. The van der Waals surface area contributed by atoms with Crippen molar-refractivity contribution < 1.29 is 9.90 Å². The fraction of sp³-hybridized carbons (Fsp3) is 0.500. The molecule has 1 heterocycles. The number of aliphatic carboxylic acids is 1. The third-order valence-corrected chi connectivity index (χ3v) is 4.72. The standard InChI is InChI=1S/C16H21ClN2O2/c1-4-16(5-2,15(20)21)10-13-18-12-9-7-8-11(17)14(12)19(13)6-3/h7-9H,4-6,10H2,1-3H3,(H,20,21). The smallest absolute Gasteiger partial charge is 0.310 e. The van der Waals surface area contributed by atoms with E-state index in [4.69, 9.17) is 11.6 Å². The number of imidazole rings is 1. The first-order chi connectivity index (χ1) is 9.99. The first-order valence-electron chi connectivity index (χ1n) is 7.36. The van der Waals surface area contributed by atoms with E-state index in [-0.39, 0.29) is 0 Å². The van der Waals surface area contributed by atoms with E-state index in [2.05, 4.69) is 4.98 Å². The van der Waals surface area contributed by atoms with Crippen molar-refractivity contribution in [2.45, 2.75) is 46.6 Å². The average molecular weight is 309 g/mol. The molecule has 2 rings (SSSR count). The fourth-order valence-corrected chi connectivity index (χ4v) is 3.12. The van der Waals surface area contributed by atoms with Gasteiger partial charge in [-0.15, -0.1) is 0 Å². The minimum Gasteiger partial charge on any atom is -0.481 e. The number of benzene rings is 1. The molecular weight excluding hydrogens is 288 g/mol. The Labute approximate surface area is 129 Å². The zero-order valence-corrected chi connectivity index (χ0v) is 13.4. The van der Waals surface area contributed by atoms with Crippen LogP contribution in [-0.2, 0) is 17.8 Å². The first kappa shape index (κ1) is 15.8. The van der Waals surface area contributed by atoms with Crippen molar-refractivity contribution in [3.05, 3.63) is 29.0 Å². The largest absolute Gasteiger partial charge is 0.481 e. The Morgan fingerprint density at radius 3 is 2.52 bits per heavy atom. The average Bonchev–Trinajstić information content (AvgIpc) is 2.82. The van der Waals surface area contributed by atoms with Crippen molar-refractivity contribution in [3.8, 4) is 0 Å². The molecule has 114 valence electrons. The Balaban J connectivity index is 2.56. The summed E-state index contributed by atoms with van der Waals surface area (Å²) in [6.07, 6.45) is 1.59. The minimum absolute atomic E-state index is 0.425. The predicted octanol–water partition coefficient (Wildman–Crippen LogP) is 4.14. The Morgan fingerprint density at radius 2 is 2.00 bits per heavy atom. The van der Waals surface area contributed by atoms with E-state index >= 15 is 0 Å². The van der Waals surface area contributed by atoms with Gasteiger partial charge in [-0.1, -0.05) is 31.5 Å². The molecule has 0 aliphatic rings. The van der Waals surface area contributed by atoms with Crippen LogP contribution < -0.4 is 0 Å². The number of para-hydroxylation sites is 1. The van der Waals surface area contributed by atoms with Crippen LogP contribution in [0, 0.1) is 5.41 Å². The number of nitrogens with zero attached hydrogens (tertiary/aromatic N) is 2. The van der Waals surface area contributed by atoms with Gasteiger partial charge in [0.25, 0.3) is 0 Å². The summed E-state index contributed by atoms with van der Waals surface area (Å²) in [5, 5.41) is 10.3. The summed E-state index contributed by atoms with van der Waals surface area (Å²) < 4.78 is 2.03. The number of hydrogen-bond donors (Lipinski definition) is 1. The van der Waals surface area contributed by atoms with Gasteiger partial charge in [0.15, 0.2) is 0 Å². The highest BCUT2D eigenvalue weighted by molar-refractivity contribution is 6.35. The number of aromatic nitrogens is 2. The van der Waals surface area contributed by atoms with E-state index in [0.717, 1.165) is 23.4 Å². The van der Waals surface area contributed by atoms with E-state index in [1.165, 1.54) is 0 Å². The van der Waals surface area contributed by atoms with Crippen molar-refractivity contribution in [3.63, 3.8) is 0 Å². The maximum atomic E-state index is 11.7. The molecule has 21 heavy (non-hydrogen) atoms. The molecule has 0 aliphatic carbocycles. The number of carbonyl (C=O) groups is 1. The van der Waals surface area contributed by atoms with Gasteiger partial charge in [0, 0.05) is 13.0 Å². The zero-order valence-electron chi connectivity index (χ0n) is 12.7. The van der Waals surface area contributed by atoms with Gasteiger partial charge in [0.05, 0.1) is 21.5 Å². The van der Waals surface area contributed by atoms with Crippen LogP contribution in [0.25, 0.3) is 11.0 Å². The van der Waals surface area contributed by atoms with Crippen LogP contribution in [0.5, 0.6) is 0 Å². The number of hydrogen-bond acceptors (Lipinski definition) is 2. The number of halogens is 1. The summed E-state index contributed by atoms with van der Waals surface area (Å²) in [4.78, 5) is 16.3. The van der Waals surface area contributed by atoms with Gasteiger partial charge < -0.3 is 9.67 Å². The van der Waals surface area contributed by atoms with E-state index in [1.807, 2.05) is 43.5 Å². The minimum atomic E-state index is -0.763. The topological polar surface area (TPSA) is 55.1 Å². The van der Waals surface area contributed by atoms with E-state index < -0.39 is 11.4 Å². The van der Waals surface area contributed by atoms with Gasteiger partial charge in [0.2, 0.25) is 0 Å². The second kappa shape index (κ2) is 6.06. The molecule has 0 atom stereocenters. The molecule has 2 aromatic rings. The second-order valence-corrected chi connectivity index (χ2v) is 5.76. The molecule has 0 aliphatic heterocycles. The van der Waals surface area contributed by atoms with Gasteiger partial charge in [-0.2, -0.15) is 0 Å². The summed E-state index contributed by atoms with van der Waals surface area (Å²) in [5.74, 6) is 0.0417. The van der Waals surface area contributed by atoms with E-state index in [1.54, 1.807) is 0 Å². The monoisotopic (exact) mass is 308 g/mol. The van der Waals surface area contributed by atoms with E-state index in [0.29, 0.717) is 24.3 Å². The van der Waals surface area contributed by atoms with Gasteiger partial charge >= 0.3 is 5.97 Å². The Morgan fingerprint density at radius 1 is 1.33 bits per heavy atom. The Kier molecular flexibility index (Phi) is 4.57. The van der Waals surface area contributed by atoms with Crippen molar-refractivity contribution in [2.24, 2.45) is 5.41 Å². The van der Waals surface area contributed by atoms with Crippen LogP contribution in [0.4, 0.5) is 0 Å². The van der Waals surface area contributed by atoms with Gasteiger partial charge in [-0.3, -0.25) is 4.79 Å². The molecule has 0 saturated carbocycles. The maximum Gasteiger partial charge on any atom is 0.310 e. The Bertz CT molecular complexity index is 660. The maximum absolute atomic E-state index is 11.7. The molecule has 0 saturated heterocycles. The van der Waals surface area contributed by atoms with Gasteiger partial charge in [0.1, 0.15) is 5.82 Å².